The lowest BCUT2D eigenvalue weighted by molar-refractivity contribution is 0.692. The maximum Gasteiger partial charge on any atom is 0.0995 e. The first-order valence-electron chi connectivity index (χ1n) is 6.42. The van der Waals surface area contributed by atoms with Crippen LogP contribution in [-0.2, 0) is 12.8 Å². The smallest absolute Gasteiger partial charge is 0.0995 e. The van der Waals surface area contributed by atoms with Crippen LogP contribution in [0.5, 0.6) is 0 Å². The third-order valence-corrected chi connectivity index (χ3v) is 6.40. The van der Waals surface area contributed by atoms with Crippen LogP contribution in [0.25, 0.3) is 0 Å². The predicted molar refractivity (Wildman–Crippen MR) is 86.2 cm³/mol. The molecule has 0 amide bonds. The molecule has 19 heavy (non-hydrogen) atoms. The summed E-state index contributed by atoms with van der Waals surface area (Å²) in [5.74, 6) is 0. The second-order valence-electron chi connectivity index (χ2n) is 4.81. The number of rotatable bonds is 3. The highest BCUT2D eigenvalue weighted by Gasteiger charge is 2.22. The zero-order valence-corrected chi connectivity index (χ0v) is 13.8. The molecule has 102 valence electrons. The van der Waals surface area contributed by atoms with Crippen molar-refractivity contribution < 1.29 is 0 Å². The van der Waals surface area contributed by atoms with Crippen LogP contribution in [0.2, 0.25) is 8.67 Å². The minimum Gasteiger partial charge on any atom is -0.309 e. The highest BCUT2D eigenvalue weighted by atomic mass is 35.5. The summed E-state index contributed by atoms with van der Waals surface area (Å²) in [4.78, 5) is 2.91. The molecule has 1 N–H and O–H groups in total. The number of aryl methyl sites for hydroxylation is 2. The summed E-state index contributed by atoms with van der Waals surface area (Å²) in [6.07, 6.45) is 5.09. The third kappa shape index (κ3) is 2.72. The summed E-state index contributed by atoms with van der Waals surface area (Å²) in [6, 6.07) is 4.49. The molecular formula is C14H15Cl2NS2. The minimum absolute atomic E-state index is 0.159. The Bertz CT molecular complexity index is 565. The fourth-order valence-electron chi connectivity index (χ4n) is 2.66. The van der Waals surface area contributed by atoms with Gasteiger partial charge in [0.25, 0.3) is 0 Å². The monoisotopic (exact) mass is 331 g/mol. The summed E-state index contributed by atoms with van der Waals surface area (Å²) in [7, 11) is 1.98. The lowest BCUT2D eigenvalue weighted by atomic mass is 9.98. The number of fused-ring (bicyclic) bond motifs is 1. The van der Waals surface area contributed by atoms with Gasteiger partial charge in [-0.2, -0.15) is 0 Å². The number of hydrogen-bond donors (Lipinski definition) is 1. The van der Waals surface area contributed by atoms with Gasteiger partial charge in [0.15, 0.2) is 0 Å². The van der Waals surface area contributed by atoms with E-state index in [9.17, 15) is 0 Å². The second-order valence-corrected chi connectivity index (χ2v) is 8.26. The molecule has 0 aliphatic heterocycles. The van der Waals surface area contributed by atoms with Crippen molar-refractivity contribution in [3.63, 3.8) is 0 Å². The molecule has 1 aliphatic carbocycles. The molecule has 2 aromatic rings. The molecule has 1 atom stereocenters. The maximum absolute atomic E-state index is 6.29. The topological polar surface area (TPSA) is 12.0 Å². The van der Waals surface area contributed by atoms with E-state index >= 15 is 0 Å². The Labute approximate surface area is 131 Å². The van der Waals surface area contributed by atoms with Gasteiger partial charge in [0.1, 0.15) is 0 Å². The fourth-order valence-corrected chi connectivity index (χ4v) is 5.58. The molecular weight excluding hydrogens is 317 g/mol. The van der Waals surface area contributed by atoms with Crippen LogP contribution in [0.15, 0.2) is 12.1 Å². The van der Waals surface area contributed by atoms with Gasteiger partial charge in [0.2, 0.25) is 0 Å². The molecule has 2 aromatic heterocycles. The minimum atomic E-state index is 0.159. The Balaban J connectivity index is 1.98. The van der Waals surface area contributed by atoms with E-state index in [1.807, 2.05) is 24.5 Å². The fraction of sp³-hybridized carbons (Fsp3) is 0.429. The molecule has 0 saturated carbocycles. The lowest BCUT2D eigenvalue weighted by Crippen LogP contribution is -2.16. The van der Waals surface area contributed by atoms with Gasteiger partial charge in [-0.3, -0.25) is 0 Å². The summed E-state index contributed by atoms with van der Waals surface area (Å²) >= 11 is 15.7. The molecule has 5 heteroatoms. The van der Waals surface area contributed by atoms with Crippen LogP contribution in [0.1, 0.15) is 39.8 Å². The van der Waals surface area contributed by atoms with Gasteiger partial charge in [-0.05, 0) is 50.4 Å². The molecule has 3 rings (SSSR count). The summed E-state index contributed by atoms with van der Waals surface area (Å²) in [5, 5.41) is 3.37. The second kappa shape index (κ2) is 5.74. The van der Waals surface area contributed by atoms with E-state index < -0.39 is 0 Å². The Hall–Kier alpha value is -0.0600. The Morgan fingerprint density at radius 3 is 2.58 bits per heavy atom. The SMILES string of the molecule is CNC(c1cc2c(s1)CCCC2)c1cc(Cl)sc1Cl. The van der Waals surface area contributed by atoms with Crippen molar-refractivity contribution in [3.05, 3.63) is 41.7 Å². The van der Waals surface area contributed by atoms with Gasteiger partial charge in [0, 0.05) is 15.3 Å². The van der Waals surface area contributed by atoms with Crippen molar-refractivity contribution in [2.45, 2.75) is 31.7 Å². The molecule has 1 nitrogen and oxygen atoms in total. The van der Waals surface area contributed by atoms with Crippen molar-refractivity contribution in [2.24, 2.45) is 0 Å². The molecule has 0 bridgehead atoms. The van der Waals surface area contributed by atoms with Gasteiger partial charge >= 0.3 is 0 Å². The molecule has 0 fully saturated rings. The molecule has 2 heterocycles. The summed E-state index contributed by atoms with van der Waals surface area (Å²) in [6.45, 7) is 0. The normalized spacial score (nSPS) is 16.4. The van der Waals surface area contributed by atoms with E-state index in [1.165, 1.54) is 47.5 Å². The molecule has 0 spiro atoms. The Kier molecular flexibility index (Phi) is 4.20. The van der Waals surface area contributed by atoms with Crippen LogP contribution < -0.4 is 5.32 Å². The highest BCUT2D eigenvalue weighted by Crippen LogP contribution is 2.41. The van der Waals surface area contributed by atoms with Crippen LogP contribution in [-0.4, -0.2) is 7.05 Å². The highest BCUT2D eigenvalue weighted by molar-refractivity contribution is 7.20. The maximum atomic E-state index is 6.29. The predicted octanol–water partition coefficient (Wildman–Crippen LogP) is 5.30. The van der Waals surface area contributed by atoms with E-state index in [0.29, 0.717) is 0 Å². The van der Waals surface area contributed by atoms with Gasteiger partial charge in [-0.25, -0.2) is 0 Å². The van der Waals surface area contributed by atoms with E-state index in [1.54, 1.807) is 4.88 Å². The zero-order valence-electron chi connectivity index (χ0n) is 10.6. The first-order chi connectivity index (χ1) is 9.19. The number of thiophene rings is 2. The van der Waals surface area contributed by atoms with Crippen LogP contribution >= 0.6 is 45.9 Å². The summed E-state index contributed by atoms with van der Waals surface area (Å²) in [5.41, 5.74) is 2.63. The molecule has 1 unspecified atom stereocenters. The number of hydrogen-bond acceptors (Lipinski definition) is 3. The van der Waals surface area contributed by atoms with Gasteiger partial charge in [-0.15, -0.1) is 22.7 Å². The van der Waals surface area contributed by atoms with Crippen LogP contribution in [0.3, 0.4) is 0 Å². The van der Waals surface area contributed by atoms with E-state index in [0.717, 1.165) is 14.2 Å². The number of halogens is 2. The van der Waals surface area contributed by atoms with Crippen molar-refractivity contribution >= 4 is 45.9 Å². The molecule has 0 saturated heterocycles. The lowest BCUT2D eigenvalue weighted by Gasteiger charge is -2.13. The van der Waals surface area contributed by atoms with Crippen molar-refractivity contribution in [1.82, 2.24) is 5.32 Å². The van der Waals surface area contributed by atoms with Gasteiger partial charge in [0.05, 0.1) is 14.7 Å². The number of nitrogens with one attached hydrogen (secondary N) is 1. The van der Waals surface area contributed by atoms with Crippen LogP contribution in [0.4, 0.5) is 0 Å². The van der Waals surface area contributed by atoms with Gasteiger partial charge in [-0.1, -0.05) is 23.2 Å². The van der Waals surface area contributed by atoms with Crippen molar-refractivity contribution in [1.29, 1.82) is 0 Å². The first kappa shape index (κ1) is 13.9. The zero-order chi connectivity index (χ0) is 13.4. The quantitative estimate of drug-likeness (QED) is 0.804. The Morgan fingerprint density at radius 2 is 1.95 bits per heavy atom. The summed E-state index contributed by atoms with van der Waals surface area (Å²) < 4.78 is 1.54. The average Bonchev–Trinajstić information content (AvgIpc) is 2.94. The van der Waals surface area contributed by atoms with Crippen molar-refractivity contribution in [3.8, 4) is 0 Å². The van der Waals surface area contributed by atoms with Crippen molar-refractivity contribution in [2.75, 3.05) is 7.05 Å². The Morgan fingerprint density at radius 1 is 1.16 bits per heavy atom. The third-order valence-electron chi connectivity index (χ3n) is 3.58. The van der Waals surface area contributed by atoms with E-state index in [2.05, 4.69) is 11.4 Å². The largest absolute Gasteiger partial charge is 0.309 e. The van der Waals surface area contributed by atoms with Gasteiger partial charge < -0.3 is 5.32 Å². The molecule has 1 aliphatic rings. The van der Waals surface area contributed by atoms with E-state index in [-0.39, 0.29) is 6.04 Å². The standard InChI is InChI=1S/C14H15Cl2NS2/c1-17-13(9-7-12(15)19-14(9)16)11-6-8-4-2-3-5-10(8)18-11/h6-7,13,17H,2-5H2,1H3. The average molecular weight is 332 g/mol. The molecule has 0 radical (unpaired) electrons. The first-order valence-corrected chi connectivity index (χ1v) is 8.81. The van der Waals surface area contributed by atoms with Crippen LogP contribution in [0, 0.1) is 0 Å². The molecule has 0 aromatic carbocycles. The van der Waals surface area contributed by atoms with E-state index in [4.69, 9.17) is 23.2 Å².